The standard InChI is InChI=1S/C13H24N2O4/c1-9(2)6-14-13(10(16)17)7-15(8-13)11(18)19-12(3,4)5/h9,14H,6-8H2,1-5H3,(H,16,17). The van der Waals surface area contributed by atoms with Crippen LogP contribution in [0.25, 0.3) is 0 Å². The zero-order valence-corrected chi connectivity index (χ0v) is 12.3. The minimum Gasteiger partial charge on any atom is -0.480 e. The zero-order chi connectivity index (χ0) is 14.8. The molecular weight excluding hydrogens is 248 g/mol. The first-order chi connectivity index (χ1) is 8.56. The molecular formula is C13H24N2O4. The minimum absolute atomic E-state index is 0.143. The van der Waals surface area contributed by atoms with E-state index in [1.807, 2.05) is 13.8 Å². The van der Waals surface area contributed by atoms with Crippen LogP contribution in [0.2, 0.25) is 0 Å². The Hall–Kier alpha value is -1.30. The van der Waals surface area contributed by atoms with Gasteiger partial charge in [0, 0.05) is 0 Å². The van der Waals surface area contributed by atoms with Crippen molar-refractivity contribution in [3.8, 4) is 0 Å². The minimum atomic E-state index is -1.03. The Labute approximate surface area is 114 Å². The molecule has 0 saturated carbocycles. The van der Waals surface area contributed by atoms with Gasteiger partial charge >= 0.3 is 12.1 Å². The number of nitrogens with one attached hydrogen (secondary N) is 1. The van der Waals surface area contributed by atoms with E-state index in [-0.39, 0.29) is 13.1 Å². The molecule has 1 aliphatic rings. The lowest BCUT2D eigenvalue weighted by Gasteiger charge is -2.47. The number of carboxylic acid groups (broad SMARTS) is 1. The first-order valence-electron chi connectivity index (χ1n) is 6.52. The van der Waals surface area contributed by atoms with Gasteiger partial charge in [-0.25, -0.2) is 4.79 Å². The highest BCUT2D eigenvalue weighted by Crippen LogP contribution is 2.24. The van der Waals surface area contributed by atoms with Crippen LogP contribution in [0.15, 0.2) is 0 Å². The Bertz CT molecular complexity index is 354. The van der Waals surface area contributed by atoms with E-state index < -0.39 is 23.2 Å². The molecule has 2 N–H and O–H groups in total. The highest BCUT2D eigenvalue weighted by molar-refractivity contribution is 5.84. The summed E-state index contributed by atoms with van der Waals surface area (Å²) in [7, 11) is 0. The van der Waals surface area contributed by atoms with Gasteiger partial charge in [0.1, 0.15) is 5.60 Å². The molecule has 1 saturated heterocycles. The van der Waals surface area contributed by atoms with Crippen LogP contribution in [0.4, 0.5) is 4.79 Å². The van der Waals surface area contributed by atoms with Crippen molar-refractivity contribution >= 4 is 12.1 Å². The molecule has 0 aromatic carbocycles. The smallest absolute Gasteiger partial charge is 0.410 e. The fourth-order valence-electron chi connectivity index (χ4n) is 1.78. The number of hydrogen-bond donors (Lipinski definition) is 2. The van der Waals surface area contributed by atoms with Crippen LogP contribution < -0.4 is 5.32 Å². The quantitative estimate of drug-likeness (QED) is 0.806. The molecule has 1 rings (SSSR count). The average molecular weight is 272 g/mol. The molecule has 1 fully saturated rings. The highest BCUT2D eigenvalue weighted by Gasteiger charge is 2.52. The molecule has 1 aliphatic heterocycles. The van der Waals surface area contributed by atoms with Gasteiger partial charge in [0.2, 0.25) is 0 Å². The molecule has 0 aromatic rings. The number of carboxylic acids is 1. The summed E-state index contributed by atoms with van der Waals surface area (Å²) in [5.74, 6) is -0.570. The molecule has 19 heavy (non-hydrogen) atoms. The lowest BCUT2D eigenvalue weighted by atomic mass is 9.89. The molecule has 0 aliphatic carbocycles. The molecule has 0 atom stereocenters. The van der Waals surface area contributed by atoms with Gasteiger partial charge < -0.3 is 14.7 Å². The lowest BCUT2D eigenvalue weighted by Crippen LogP contribution is -2.74. The Balaban J connectivity index is 2.55. The monoisotopic (exact) mass is 272 g/mol. The summed E-state index contributed by atoms with van der Waals surface area (Å²) in [6, 6.07) is 0. The summed E-state index contributed by atoms with van der Waals surface area (Å²) in [5.41, 5.74) is -1.59. The Kier molecular flexibility index (Phi) is 4.45. The summed E-state index contributed by atoms with van der Waals surface area (Å²) >= 11 is 0. The topological polar surface area (TPSA) is 78.9 Å². The number of hydrogen-bond acceptors (Lipinski definition) is 4. The first-order valence-corrected chi connectivity index (χ1v) is 6.52. The normalized spacial score (nSPS) is 18.1. The molecule has 0 aromatic heterocycles. The van der Waals surface area contributed by atoms with E-state index in [1.165, 1.54) is 4.90 Å². The largest absolute Gasteiger partial charge is 0.480 e. The second kappa shape index (κ2) is 5.36. The van der Waals surface area contributed by atoms with Crippen molar-refractivity contribution in [2.45, 2.75) is 45.8 Å². The van der Waals surface area contributed by atoms with E-state index in [4.69, 9.17) is 4.74 Å². The number of ether oxygens (including phenoxy) is 1. The second-order valence-corrected chi connectivity index (χ2v) is 6.50. The van der Waals surface area contributed by atoms with Gasteiger partial charge in [-0.15, -0.1) is 0 Å². The Morgan fingerprint density at radius 1 is 1.37 bits per heavy atom. The molecule has 6 nitrogen and oxygen atoms in total. The number of nitrogens with zero attached hydrogens (tertiary/aromatic N) is 1. The van der Waals surface area contributed by atoms with Crippen molar-refractivity contribution < 1.29 is 19.4 Å². The summed E-state index contributed by atoms with van der Waals surface area (Å²) in [5, 5.41) is 12.3. The van der Waals surface area contributed by atoms with Gasteiger partial charge in [0.05, 0.1) is 13.1 Å². The van der Waals surface area contributed by atoms with Gasteiger partial charge in [-0.3, -0.25) is 10.1 Å². The second-order valence-electron chi connectivity index (χ2n) is 6.50. The predicted molar refractivity (Wildman–Crippen MR) is 71.0 cm³/mol. The average Bonchev–Trinajstić information content (AvgIpc) is 2.11. The van der Waals surface area contributed by atoms with Crippen molar-refractivity contribution in [2.75, 3.05) is 19.6 Å². The summed E-state index contributed by atoms with van der Waals surface area (Å²) < 4.78 is 5.21. The van der Waals surface area contributed by atoms with E-state index in [1.54, 1.807) is 20.8 Å². The van der Waals surface area contributed by atoms with Crippen molar-refractivity contribution in [2.24, 2.45) is 5.92 Å². The molecule has 0 spiro atoms. The maximum absolute atomic E-state index is 11.8. The third-order valence-electron chi connectivity index (χ3n) is 2.83. The van der Waals surface area contributed by atoms with Crippen molar-refractivity contribution in [3.63, 3.8) is 0 Å². The fraction of sp³-hybridized carbons (Fsp3) is 0.846. The maximum Gasteiger partial charge on any atom is 0.410 e. The van der Waals surface area contributed by atoms with Crippen LogP contribution in [0.3, 0.4) is 0 Å². The lowest BCUT2D eigenvalue weighted by molar-refractivity contribution is -0.152. The number of rotatable bonds is 4. The summed E-state index contributed by atoms with van der Waals surface area (Å²) in [4.78, 5) is 24.5. The Morgan fingerprint density at radius 2 is 1.89 bits per heavy atom. The van der Waals surface area contributed by atoms with Gasteiger partial charge in [0.25, 0.3) is 0 Å². The highest BCUT2D eigenvalue weighted by atomic mass is 16.6. The fourth-order valence-corrected chi connectivity index (χ4v) is 1.78. The van der Waals surface area contributed by atoms with Gasteiger partial charge in [0.15, 0.2) is 5.54 Å². The summed E-state index contributed by atoms with van der Waals surface area (Å²) in [6.07, 6.45) is -0.462. The third kappa shape index (κ3) is 4.09. The SMILES string of the molecule is CC(C)CNC1(C(=O)O)CN(C(=O)OC(C)(C)C)C1. The van der Waals surface area contributed by atoms with Crippen LogP contribution in [0, 0.1) is 5.92 Å². The molecule has 1 amide bonds. The van der Waals surface area contributed by atoms with Crippen LogP contribution >= 0.6 is 0 Å². The van der Waals surface area contributed by atoms with E-state index >= 15 is 0 Å². The van der Waals surface area contributed by atoms with Gasteiger partial charge in [-0.1, -0.05) is 13.8 Å². The van der Waals surface area contributed by atoms with Crippen LogP contribution in [-0.2, 0) is 9.53 Å². The number of likely N-dealkylation sites (tertiary alicyclic amines) is 1. The summed E-state index contributed by atoms with van der Waals surface area (Å²) in [6.45, 7) is 10.3. The molecule has 1 heterocycles. The number of carbonyl (C=O) groups excluding carboxylic acids is 1. The first kappa shape index (κ1) is 15.8. The molecule has 0 radical (unpaired) electrons. The van der Waals surface area contributed by atoms with Gasteiger partial charge in [-0.2, -0.15) is 0 Å². The van der Waals surface area contributed by atoms with E-state index in [0.717, 1.165) is 0 Å². The predicted octanol–water partition coefficient (Wildman–Crippen LogP) is 1.31. The molecule has 6 heteroatoms. The number of carbonyl (C=O) groups is 2. The van der Waals surface area contributed by atoms with Crippen LogP contribution in [0.1, 0.15) is 34.6 Å². The molecule has 110 valence electrons. The van der Waals surface area contributed by atoms with Crippen LogP contribution in [0.5, 0.6) is 0 Å². The van der Waals surface area contributed by atoms with Crippen molar-refractivity contribution in [1.82, 2.24) is 10.2 Å². The third-order valence-corrected chi connectivity index (χ3v) is 2.83. The van der Waals surface area contributed by atoms with Crippen molar-refractivity contribution in [1.29, 1.82) is 0 Å². The van der Waals surface area contributed by atoms with E-state index in [0.29, 0.717) is 12.5 Å². The van der Waals surface area contributed by atoms with Crippen molar-refractivity contribution in [3.05, 3.63) is 0 Å². The number of amides is 1. The zero-order valence-electron chi connectivity index (χ0n) is 12.3. The molecule has 0 unspecified atom stereocenters. The Morgan fingerprint density at radius 3 is 2.26 bits per heavy atom. The van der Waals surface area contributed by atoms with E-state index in [9.17, 15) is 14.7 Å². The van der Waals surface area contributed by atoms with Gasteiger partial charge in [-0.05, 0) is 33.2 Å². The maximum atomic E-state index is 11.8. The molecule has 0 bridgehead atoms. The number of aliphatic carboxylic acids is 1. The van der Waals surface area contributed by atoms with Crippen LogP contribution in [-0.4, -0.2) is 52.8 Å². The van der Waals surface area contributed by atoms with E-state index in [2.05, 4.69) is 5.32 Å².